The van der Waals surface area contributed by atoms with Crippen LogP contribution in [0.25, 0.3) is 5.65 Å². The minimum absolute atomic E-state index is 0.0355. The standard InChI is InChI=1S/C18H15F3N6O2/c19-18(20,21)16-23-22-14-4-5-15(24-27(14)16)25-7-6-12-11(10-25)2-1-3-13(12)26-8-9-29-17(26)28/h1-5H,6-10H2. The van der Waals surface area contributed by atoms with Crippen LogP contribution in [-0.4, -0.2) is 45.6 Å². The van der Waals surface area contributed by atoms with Gasteiger partial charge in [0.05, 0.1) is 12.2 Å². The number of fused-ring (bicyclic) bond motifs is 2. The van der Waals surface area contributed by atoms with Gasteiger partial charge in [0.15, 0.2) is 5.65 Å². The third-order valence-electron chi connectivity index (χ3n) is 5.12. The Morgan fingerprint density at radius 3 is 2.69 bits per heavy atom. The largest absolute Gasteiger partial charge is 0.453 e. The van der Waals surface area contributed by atoms with Crippen LogP contribution in [0.1, 0.15) is 17.0 Å². The van der Waals surface area contributed by atoms with Crippen molar-refractivity contribution < 1.29 is 22.7 Å². The quantitative estimate of drug-likeness (QED) is 0.654. The first kappa shape index (κ1) is 17.7. The first-order valence-electron chi connectivity index (χ1n) is 9.01. The van der Waals surface area contributed by atoms with Crippen molar-refractivity contribution in [2.45, 2.75) is 19.1 Å². The molecule has 11 heteroatoms. The summed E-state index contributed by atoms with van der Waals surface area (Å²) in [6.07, 6.45) is -4.37. The number of benzene rings is 1. The van der Waals surface area contributed by atoms with E-state index in [9.17, 15) is 18.0 Å². The van der Waals surface area contributed by atoms with Crippen LogP contribution in [0.15, 0.2) is 30.3 Å². The number of amides is 1. The molecular weight excluding hydrogens is 389 g/mol. The van der Waals surface area contributed by atoms with Crippen LogP contribution in [0, 0.1) is 0 Å². The molecular formula is C18H15F3N6O2. The first-order valence-corrected chi connectivity index (χ1v) is 9.01. The van der Waals surface area contributed by atoms with E-state index in [0.29, 0.717) is 38.5 Å². The number of cyclic esters (lactones) is 1. The Morgan fingerprint density at radius 1 is 1.07 bits per heavy atom. The fourth-order valence-corrected chi connectivity index (χ4v) is 3.77. The molecule has 0 spiro atoms. The highest BCUT2D eigenvalue weighted by Crippen LogP contribution is 2.33. The van der Waals surface area contributed by atoms with Crippen LogP contribution in [0.3, 0.4) is 0 Å². The number of hydrogen-bond acceptors (Lipinski definition) is 6. The van der Waals surface area contributed by atoms with Crippen LogP contribution < -0.4 is 9.80 Å². The maximum Gasteiger partial charge on any atom is 0.453 e. The van der Waals surface area contributed by atoms with Crippen molar-refractivity contribution in [3.8, 4) is 0 Å². The third-order valence-corrected chi connectivity index (χ3v) is 5.12. The van der Waals surface area contributed by atoms with Crippen LogP contribution >= 0.6 is 0 Å². The average molecular weight is 404 g/mol. The second-order valence-electron chi connectivity index (χ2n) is 6.84. The van der Waals surface area contributed by atoms with E-state index < -0.39 is 12.0 Å². The lowest BCUT2D eigenvalue weighted by Crippen LogP contribution is -2.33. The maximum absolute atomic E-state index is 13.1. The topological polar surface area (TPSA) is 75.9 Å². The number of ether oxygens (including phenoxy) is 1. The molecule has 0 aliphatic carbocycles. The van der Waals surface area contributed by atoms with Gasteiger partial charge in [-0.2, -0.15) is 17.7 Å². The van der Waals surface area contributed by atoms with Crippen LogP contribution in [0.2, 0.25) is 0 Å². The van der Waals surface area contributed by atoms with Gasteiger partial charge >= 0.3 is 12.3 Å². The molecule has 2 aliphatic heterocycles. The number of nitrogens with zero attached hydrogens (tertiary/aromatic N) is 6. The van der Waals surface area contributed by atoms with Crippen molar-refractivity contribution in [1.29, 1.82) is 0 Å². The van der Waals surface area contributed by atoms with Gasteiger partial charge in [0.25, 0.3) is 5.82 Å². The normalized spacial score (nSPS) is 17.0. The second kappa shape index (κ2) is 6.33. The summed E-state index contributed by atoms with van der Waals surface area (Å²) in [5.41, 5.74) is 2.90. The van der Waals surface area contributed by atoms with E-state index in [1.165, 1.54) is 6.07 Å². The number of rotatable bonds is 2. The molecule has 5 rings (SSSR count). The van der Waals surface area contributed by atoms with Gasteiger partial charge in [0.1, 0.15) is 12.4 Å². The number of hydrogen-bond donors (Lipinski definition) is 0. The lowest BCUT2D eigenvalue weighted by atomic mass is 9.97. The van der Waals surface area contributed by atoms with Gasteiger partial charge in [-0.15, -0.1) is 15.3 Å². The van der Waals surface area contributed by atoms with E-state index in [1.807, 2.05) is 23.1 Å². The molecule has 3 aromatic rings. The fraction of sp³-hybridized carbons (Fsp3) is 0.333. The Bertz CT molecular complexity index is 1110. The zero-order chi connectivity index (χ0) is 20.2. The molecule has 1 saturated heterocycles. The van der Waals surface area contributed by atoms with Crippen molar-refractivity contribution >= 4 is 23.2 Å². The number of anilines is 2. The average Bonchev–Trinajstić information content (AvgIpc) is 3.32. The summed E-state index contributed by atoms with van der Waals surface area (Å²) in [6.45, 7) is 1.88. The number of carbonyl (C=O) groups excluding carboxylic acids is 1. The molecule has 4 heterocycles. The molecule has 0 saturated carbocycles. The fourth-order valence-electron chi connectivity index (χ4n) is 3.77. The van der Waals surface area contributed by atoms with Crippen molar-refractivity contribution in [3.05, 3.63) is 47.3 Å². The predicted molar refractivity (Wildman–Crippen MR) is 95.7 cm³/mol. The van der Waals surface area contributed by atoms with Gasteiger partial charge in [0.2, 0.25) is 0 Å². The summed E-state index contributed by atoms with van der Waals surface area (Å²) in [5, 5.41) is 10.9. The minimum atomic E-state index is -4.64. The minimum Gasteiger partial charge on any atom is -0.447 e. The van der Waals surface area contributed by atoms with E-state index in [-0.39, 0.29) is 11.7 Å². The number of carbonyl (C=O) groups is 1. The summed E-state index contributed by atoms with van der Waals surface area (Å²) in [6, 6.07) is 8.80. The molecule has 0 unspecified atom stereocenters. The van der Waals surface area contributed by atoms with E-state index >= 15 is 0 Å². The molecule has 2 aliphatic rings. The van der Waals surface area contributed by atoms with Gasteiger partial charge in [0, 0.05) is 13.1 Å². The Kier molecular flexibility index (Phi) is 3.86. The summed E-state index contributed by atoms with van der Waals surface area (Å²) in [5.74, 6) is -0.749. The second-order valence-corrected chi connectivity index (χ2v) is 6.84. The first-order chi connectivity index (χ1) is 13.9. The highest BCUT2D eigenvalue weighted by molar-refractivity contribution is 5.90. The van der Waals surface area contributed by atoms with Gasteiger partial charge in [-0.25, -0.2) is 4.79 Å². The Balaban J connectivity index is 1.48. The highest BCUT2D eigenvalue weighted by atomic mass is 19.4. The number of alkyl halides is 3. The van der Waals surface area contributed by atoms with E-state index in [0.717, 1.165) is 21.3 Å². The molecule has 0 bridgehead atoms. The maximum atomic E-state index is 13.1. The van der Waals surface area contributed by atoms with Crippen LogP contribution in [-0.2, 0) is 23.9 Å². The summed E-state index contributed by atoms with van der Waals surface area (Å²) in [4.78, 5) is 15.4. The summed E-state index contributed by atoms with van der Waals surface area (Å²) < 4.78 is 45.1. The van der Waals surface area contributed by atoms with Crippen molar-refractivity contribution in [3.63, 3.8) is 0 Å². The molecule has 150 valence electrons. The zero-order valence-electron chi connectivity index (χ0n) is 15.1. The Labute approximate surface area is 162 Å². The monoisotopic (exact) mass is 404 g/mol. The summed E-state index contributed by atoms with van der Waals surface area (Å²) in [7, 11) is 0. The molecule has 2 aromatic heterocycles. The zero-order valence-corrected chi connectivity index (χ0v) is 15.1. The van der Waals surface area contributed by atoms with E-state index in [2.05, 4.69) is 15.3 Å². The highest BCUT2D eigenvalue weighted by Gasteiger charge is 2.38. The van der Waals surface area contributed by atoms with Crippen molar-refractivity contribution in [2.24, 2.45) is 0 Å². The van der Waals surface area contributed by atoms with Crippen LogP contribution in [0.4, 0.5) is 29.5 Å². The SMILES string of the molecule is O=C1OCCN1c1cccc2c1CCN(c1ccc3nnc(C(F)(F)F)n3n1)C2. The smallest absolute Gasteiger partial charge is 0.447 e. The van der Waals surface area contributed by atoms with E-state index in [4.69, 9.17) is 4.74 Å². The Hall–Kier alpha value is -3.37. The molecule has 0 radical (unpaired) electrons. The lowest BCUT2D eigenvalue weighted by molar-refractivity contribution is -0.146. The summed E-state index contributed by atoms with van der Waals surface area (Å²) >= 11 is 0. The molecule has 0 N–H and O–H groups in total. The molecule has 1 fully saturated rings. The number of halogens is 3. The molecule has 1 aromatic carbocycles. The molecule has 1 amide bonds. The molecule has 8 nitrogen and oxygen atoms in total. The van der Waals surface area contributed by atoms with Gasteiger partial charge in [-0.3, -0.25) is 4.90 Å². The lowest BCUT2D eigenvalue weighted by Gasteiger charge is -2.32. The molecule has 0 atom stereocenters. The van der Waals surface area contributed by atoms with E-state index in [1.54, 1.807) is 11.0 Å². The van der Waals surface area contributed by atoms with Gasteiger partial charge in [-0.05, 0) is 35.7 Å². The van der Waals surface area contributed by atoms with Gasteiger partial charge in [-0.1, -0.05) is 12.1 Å². The van der Waals surface area contributed by atoms with Gasteiger partial charge < -0.3 is 9.64 Å². The van der Waals surface area contributed by atoms with Crippen molar-refractivity contribution in [1.82, 2.24) is 19.8 Å². The molecule has 29 heavy (non-hydrogen) atoms. The van der Waals surface area contributed by atoms with Crippen molar-refractivity contribution in [2.75, 3.05) is 29.5 Å². The van der Waals surface area contributed by atoms with Crippen LogP contribution in [0.5, 0.6) is 0 Å². The Morgan fingerprint density at radius 2 is 1.93 bits per heavy atom. The third kappa shape index (κ3) is 2.93. The predicted octanol–water partition coefficient (Wildman–Crippen LogP) is 2.66. The number of aromatic nitrogens is 4.